The van der Waals surface area contributed by atoms with Crippen LogP contribution in [0, 0.1) is 5.92 Å². The zero-order valence-electron chi connectivity index (χ0n) is 11.9. The zero-order chi connectivity index (χ0) is 12.8. The fraction of sp³-hybridized carbons (Fsp3) is 0.647. The number of aryl methyl sites for hydroxylation is 1. The fourth-order valence-electron chi connectivity index (χ4n) is 3.18. The topological polar surface area (TPSA) is 12.0 Å². The van der Waals surface area contributed by atoms with Crippen LogP contribution in [0.3, 0.4) is 0 Å². The molecule has 0 heterocycles. The quantitative estimate of drug-likeness (QED) is 0.743. The fourth-order valence-corrected chi connectivity index (χ4v) is 3.18. The van der Waals surface area contributed by atoms with E-state index in [9.17, 15) is 0 Å². The standard InChI is InChI=1S/C17H27N/c1-3-12-18-13-16-6-5-7-17(16)15-10-8-14(4-2)9-11-15/h8-11,16-18H,3-7,12-13H2,1-2H3. The molecule has 100 valence electrons. The third kappa shape index (κ3) is 3.35. The predicted octanol–water partition coefficient (Wildman–Crippen LogP) is 4.13. The summed E-state index contributed by atoms with van der Waals surface area (Å²) in [6.45, 7) is 6.83. The maximum atomic E-state index is 3.60. The first-order valence-corrected chi connectivity index (χ1v) is 7.64. The summed E-state index contributed by atoms with van der Waals surface area (Å²) in [4.78, 5) is 0. The van der Waals surface area contributed by atoms with Gasteiger partial charge < -0.3 is 5.32 Å². The van der Waals surface area contributed by atoms with Gasteiger partial charge in [-0.1, -0.05) is 44.5 Å². The lowest BCUT2D eigenvalue weighted by Crippen LogP contribution is -2.25. The van der Waals surface area contributed by atoms with Crippen molar-refractivity contribution in [1.29, 1.82) is 0 Å². The molecular weight excluding hydrogens is 218 g/mol. The van der Waals surface area contributed by atoms with Gasteiger partial charge in [-0.25, -0.2) is 0 Å². The summed E-state index contributed by atoms with van der Waals surface area (Å²) in [6.07, 6.45) is 6.56. The number of hydrogen-bond donors (Lipinski definition) is 1. The molecule has 1 aromatic carbocycles. The predicted molar refractivity (Wildman–Crippen MR) is 79.1 cm³/mol. The van der Waals surface area contributed by atoms with Crippen LogP contribution in [0.2, 0.25) is 0 Å². The summed E-state index contributed by atoms with van der Waals surface area (Å²) < 4.78 is 0. The summed E-state index contributed by atoms with van der Waals surface area (Å²) in [5.41, 5.74) is 3.02. The van der Waals surface area contributed by atoms with Gasteiger partial charge in [-0.2, -0.15) is 0 Å². The average Bonchev–Trinajstić information content (AvgIpc) is 2.88. The van der Waals surface area contributed by atoms with E-state index in [1.54, 1.807) is 5.56 Å². The van der Waals surface area contributed by atoms with E-state index in [-0.39, 0.29) is 0 Å². The van der Waals surface area contributed by atoms with Gasteiger partial charge in [0.15, 0.2) is 0 Å². The second-order valence-electron chi connectivity index (χ2n) is 5.60. The van der Waals surface area contributed by atoms with E-state index >= 15 is 0 Å². The van der Waals surface area contributed by atoms with Crippen LogP contribution in [0.15, 0.2) is 24.3 Å². The molecule has 2 rings (SSSR count). The summed E-state index contributed by atoms with van der Waals surface area (Å²) in [5, 5.41) is 3.60. The Balaban J connectivity index is 1.96. The molecule has 1 nitrogen and oxygen atoms in total. The molecule has 2 atom stereocenters. The minimum Gasteiger partial charge on any atom is -0.316 e. The zero-order valence-corrected chi connectivity index (χ0v) is 11.9. The van der Waals surface area contributed by atoms with E-state index in [0.29, 0.717) is 0 Å². The summed E-state index contributed by atoms with van der Waals surface area (Å²) >= 11 is 0. The normalized spacial score (nSPS) is 23.4. The Morgan fingerprint density at radius 1 is 1.11 bits per heavy atom. The second kappa shape index (κ2) is 6.94. The molecular formula is C17H27N. The van der Waals surface area contributed by atoms with Gasteiger partial charge in [0.2, 0.25) is 0 Å². The van der Waals surface area contributed by atoms with Crippen LogP contribution in [0.1, 0.15) is 56.6 Å². The van der Waals surface area contributed by atoms with Crippen molar-refractivity contribution in [2.24, 2.45) is 5.92 Å². The van der Waals surface area contributed by atoms with Gasteiger partial charge in [0.05, 0.1) is 0 Å². The molecule has 0 amide bonds. The molecule has 18 heavy (non-hydrogen) atoms. The highest BCUT2D eigenvalue weighted by Gasteiger charge is 2.27. The average molecular weight is 245 g/mol. The Hall–Kier alpha value is -0.820. The molecule has 2 unspecified atom stereocenters. The van der Waals surface area contributed by atoms with Crippen molar-refractivity contribution >= 4 is 0 Å². The number of nitrogens with one attached hydrogen (secondary N) is 1. The molecule has 0 saturated heterocycles. The molecule has 0 radical (unpaired) electrons. The van der Waals surface area contributed by atoms with E-state index in [1.165, 1.54) is 37.8 Å². The molecule has 1 aromatic rings. The van der Waals surface area contributed by atoms with Crippen molar-refractivity contribution in [3.63, 3.8) is 0 Å². The molecule has 0 spiro atoms. The molecule has 1 fully saturated rings. The van der Waals surface area contributed by atoms with Crippen molar-refractivity contribution in [2.75, 3.05) is 13.1 Å². The van der Waals surface area contributed by atoms with Gasteiger partial charge in [-0.15, -0.1) is 0 Å². The molecule has 1 aliphatic carbocycles. The van der Waals surface area contributed by atoms with E-state index < -0.39 is 0 Å². The van der Waals surface area contributed by atoms with Crippen LogP contribution < -0.4 is 5.32 Å². The van der Waals surface area contributed by atoms with E-state index in [1.807, 2.05) is 0 Å². The summed E-state index contributed by atoms with van der Waals surface area (Å²) in [6, 6.07) is 9.34. The van der Waals surface area contributed by atoms with E-state index in [4.69, 9.17) is 0 Å². The van der Waals surface area contributed by atoms with E-state index in [0.717, 1.165) is 24.8 Å². The molecule has 1 aliphatic rings. The van der Waals surface area contributed by atoms with Crippen LogP contribution in [-0.2, 0) is 6.42 Å². The van der Waals surface area contributed by atoms with Crippen molar-refractivity contribution in [3.05, 3.63) is 35.4 Å². The van der Waals surface area contributed by atoms with Gasteiger partial charge in [0.25, 0.3) is 0 Å². The highest BCUT2D eigenvalue weighted by molar-refractivity contribution is 5.26. The Labute approximate surface area is 112 Å². The number of benzene rings is 1. The van der Waals surface area contributed by atoms with Gasteiger partial charge >= 0.3 is 0 Å². The molecule has 1 saturated carbocycles. The number of rotatable bonds is 6. The third-order valence-corrected chi connectivity index (χ3v) is 4.31. The maximum absolute atomic E-state index is 3.60. The molecule has 1 heteroatoms. The lowest BCUT2D eigenvalue weighted by molar-refractivity contribution is 0.444. The van der Waals surface area contributed by atoms with Gasteiger partial charge in [-0.05, 0) is 61.7 Å². The van der Waals surface area contributed by atoms with Gasteiger partial charge in [0.1, 0.15) is 0 Å². The summed E-state index contributed by atoms with van der Waals surface area (Å²) in [7, 11) is 0. The smallest absolute Gasteiger partial charge is 0.00147 e. The van der Waals surface area contributed by atoms with Crippen molar-refractivity contribution in [1.82, 2.24) is 5.32 Å². The Bertz CT molecular complexity index is 341. The van der Waals surface area contributed by atoms with Gasteiger partial charge in [-0.3, -0.25) is 0 Å². The first kappa shape index (κ1) is 13.6. The van der Waals surface area contributed by atoms with Crippen molar-refractivity contribution in [2.45, 2.75) is 51.9 Å². The van der Waals surface area contributed by atoms with Gasteiger partial charge in [0, 0.05) is 0 Å². The molecule has 0 aliphatic heterocycles. The minimum absolute atomic E-state index is 0.792. The van der Waals surface area contributed by atoms with Crippen molar-refractivity contribution < 1.29 is 0 Å². The second-order valence-corrected chi connectivity index (χ2v) is 5.60. The van der Waals surface area contributed by atoms with E-state index in [2.05, 4.69) is 43.4 Å². The lowest BCUT2D eigenvalue weighted by Gasteiger charge is -2.20. The highest BCUT2D eigenvalue weighted by Crippen LogP contribution is 2.39. The SMILES string of the molecule is CCCNCC1CCCC1c1ccc(CC)cc1. The Morgan fingerprint density at radius 3 is 2.56 bits per heavy atom. The summed E-state index contributed by atoms with van der Waals surface area (Å²) in [5.74, 6) is 1.64. The molecule has 1 N–H and O–H groups in total. The van der Waals surface area contributed by atoms with Crippen LogP contribution >= 0.6 is 0 Å². The maximum Gasteiger partial charge on any atom is -0.00147 e. The largest absolute Gasteiger partial charge is 0.316 e. The third-order valence-electron chi connectivity index (χ3n) is 4.31. The molecule has 0 aromatic heterocycles. The first-order chi connectivity index (χ1) is 8.85. The minimum atomic E-state index is 0.792. The van der Waals surface area contributed by atoms with Crippen LogP contribution in [0.5, 0.6) is 0 Å². The Morgan fingerprint density at radius 2 is 1.89 bits per heavy atom. The van der Waals surface area contributed by atoms with Crippen LogP contribution in [-0.4, -0.2) is 13.1 Å². The highest BCUT2D eigenvalue weighted by atomic mass is 14.9. The monoisotopic (exact) mass is 245 g/mol. The van der Waals surface area contributed by atoms with Crippen LogP contribution in [0.4, 0.5) is 0 Å². The van der Waals surface area contributed by atoms with Crippen LogP contribution in [0.25, 0.3) is 0 Å². The number of hydrogen-bond acceptors (Lipinski definition) is 1. The Kier molecular flexibility index (Phi) is 5.25. The lowest BCUT2D eigenvalue weighted by atomic mass is 9.88. The molecule has 0 bridgehead atoms. The van der Waals surface area contributed by atoms with Crippen molar-refractivity contribution in [3.8, 4) is 0 Å². The first-order valence-electron chi connectivity index (χ1n) is 7.64.